The number of nitrogens with one attached hydrogen (secondary N) is 1. The number of primary amides is 1. The van der Waals surface area contributed by atoms with Crippen molar-refractivity contribution < 1.29 is 19.1 Å². The minimum Gasteiger partial charge on any atom is -0.462 e. The number of hydrogen-bond acceptors (Lipinski definition) is 5. The fourth-order valence-electron chi connectivity index (χ4n) is 0.597. The quantitative estimate of drug-likeness (QED) is 0.424. The molecule has 1 amide bonds. The molecule has 0 spiro atoms. The Kier molecular flexibility index (Phi) is 6.62. The molecule has 0 aromatic carbocycles. The SMILES string of the molecule is CNCCC(=O)OCCOC(N)=O. The summed E-state index contributed by atoms with van der Waals surface area (Å²) in [6.45, 7) is 0.613. The predicted molar refractivity (Wildman–Crippen MR) is 45.0 cm³/mol. The van der Waals surface area contributed by atoms with Crippen LogP contribution in [-0.2, 0) is 14.3 Å². The molecule has 0 aromatic heterocycles. The maximum absolute atomic E-state index is 10.8. The lowest BCUT2D eigenvalue weighted by molar-refractivity contribution is -0.144. The molecule has 0 aliphatic rings. The highest BCUT2D eigenvalue weighted by atomic mass is 16.6. The second-order valence-electron chi connectivity index (χ2n) is 2.24. The Hall–Kier alpha value is -1.30. The molecule has 0 bridgehead atoms. The van der Waals surface area contributed by atoms with Gasteiger partial charge in [-0.1, -0.05) is 0 Å². The van der Waals surface area contributed by atoms with Crippen LogP contribution in [0.2, 0.25) is 0 Å². The van der Waals surface area contributed by atoms with Crippen LogP contribution in [0.1, 0.15) is 6.42 Å². The van der Waals surface area contributed by atoms with Crippen molar-refractivity contribution in [3.63, 3.8) is 0 Å². The number of carbonyl (C=O) groups excluding carboxylic acids is 2. The van der Waals surface area contributed by atoms with Crippen molar-refractivity contribution in [3.8, 4) is 0 Å². The first kappa shape index (κ1) is 11.7. The van der Waals surface area contributed by atoms with Gasteiger partial charge in [-0.05, 0) is 7.05 Å². The molecule has 0 saturated heterocycles. The lowest BCUT2D eigenvalue weighted by Gasteiger charge is -2.03. The topological polar surface area (TPSA) is 90.7 Å². The minimum atomic E-state index is -0.869. The van der Waals surface area contributed by atoms with E-state index in [0.717, 1.165) is 0 Å². The van der Waals surface area contributed by atoms with Gasteiger partial charge in [-0.25, -0.2) is 4.79 Å². The van der Waals surface area contributed by atoms with Crippen LogP contribution >= 0.6 is 0 Å². The van der Waals surface area contributed by atoms with Crippen LogP contribution in [0, 0.1) is 0 Å². The lowest BCUT2D eigenvalue weighted by Crippen LogP contribution is -2.19. The summed E-state index contributed by atoms with van der Waals surface area (Å²) in [6.07, 6.45) is -0.571. The molecule has 6 nitrogen and oxygen atoms in total. The largest absolute Gasteiger partial charge is 0.462 e. The molecule has 0 aliphatic carbocycles. The van der Waals surface area contributed by atoms with Crippen molar-refractivity contribution in [1.29, 1.82) is 0 Å². The van der Waals surface area contributed by atoms with Crippen molar-refractivity contribution in [2.75, 3.05) is 26.8 Å². The van der Waals surface area contributed by atoms with Gasteiger partial charge in [0.25, 0.3) is 0 Å². The lowest BCUT2D eigenvalue weighted by atomic mass is 10.4. The van der Waals surface area contributed by atoms with Crippen molar-refractivity contribution in [2.45, 2.75) is 6.42 Å². The molecule has 76 valence electrons. The van der Waals surface area contributed by atoms with Gasteiger partial charge in [0.1, 0.15) is 13.2 Å². The fraction of sp³-hybridized carbons (Fsp3) is 0.714. The van der Waals surface area contributed by atoms with Crippen LogP contribution in [0.5, 0.6) is 0 Å². The van der Waals surface area contributed by atoms with Gasteiger partial charge >= 0.3 is 12.1 Å². The number of carbonyl (C=O) groups is 2. The third-order valence-corrected chi connectivity index (χ3v) is 1.17. The smallest absolute Gasteiger partial charge is 0.404 e. The first-order valence-electron chi connectivity index (χ1n) is 3.89. The second-order valence-corrected chi connectivity index (χ2v) is 2.24. The summed E-state index contributed by atoms with van der Waals surface area (Å²) >= 11 is 0. The summed E-state index contributed by atoms with van der Waals surface area (Å²) in [5.41, 5.74) is 4.68. The van der Waals surface area contributed by atoms with E-state index in [1.807, 2.05) is 0 Å². The number of rotatable bonds is 6. The maximum atomic E-state index is 10.8. The molecular weight excluding hydrogens is 176 g/mol. The van der Waals surface area contributed by atoms with E-state index in [9.17, 15) is 9.59 Å². The second kappa shape index (κ2) is 7.35. The Morgan fingerprint density at radius 3 is 2.46 bits per heavy atom. The molecule has 6 heteroatoms. The van der Waals surface area contributed by atoms with E-state index < -0.39 is 6.09 Å². The van der Waals surface area contributed by atoms with E-state index in [1.54, 1.807) is 7.05 Å². The fourth-order valence-corrected chi connectivity index (χ4v) is 0.597. The first-order valence-corrected chi connectivity index (χ1v) is 3.89. The summed E-state index contributed by atoms with van der Waals surface area (Å²) in [4.78, 5) is 20.9. The van der Waals surface area contributed by atoms with Gasteiger partial charge in [0.2, 0.25) is 0 Å². The molecule has 0 heterocycles. The molecular formula is C7H14N2O4. The van der Waals surface area contributed by atoms with Gasteiger partial charge in [-0.3, -0.25) is 4.79 Å². The van der Waals surface area contributed by atoms with Crippen LogP contribution in [0.3, 0.4) is 0 Å². The van der Waals surface area contributed by atoms with Gasteiger partial charge in [-0.15, -0.1) is 0 Å². The summed E-state index contributed by atoms with van der Waals surface area (Å²) in [7, 11) is 1.74. The third-order valence-electron chi connectivity index (χ3n) is 1.17. The van der Waals surface area contributed by atoms with E-state index in [2.05, 4.69) is 20.5 Å². The Bertz CT molecular complexity index is 172. The number of nitrogens with two attached hydrogens (primary N) is 1. The molecule has 13 heavy (non-hydrogen) atoms. The molecule has 3 N–H and O–H groups in total. The average molecular weight is 190 g/mol. The third kappa shape index (κ3) is 8.61. The monoisotopic (exact) mass is 190 g/mol. The zero-order valence-corrected chi connectivity index (χ0v) is 7.54. The minimum absolute atomic E-state index is 0.000622. The van der Waals surface area contributed by atoms with Crippen molar-refractivity contribution in [2.24, 2.45) is 5.73 Å². The molecule has 0 aromatic rings. The number of hydrogen-bond donors (Lipinski definition) is 2. The molecule has 0 atom stereocenters. The number of ether oxygens (including phenoxy) is 2. The summed E-state index contributed by atoms with van der Waals surface area (Å²) in [6, 6.07) is 0. The van der Waals surface area contributed by atoms with Crippen molar-refractivity contribution in [3.05, 3.63) is 0 Å². The summed E-state index contributed by atoms with van der Waals surface area (Å²) in [5.74, 6) is -0.331. The van der Waals surface area contributed by atoms with Crippen molar-refractivity contribution in [1.82, 2.24) is 5.32 Å². The van der Waals surface area contributed by atoms with Gasteiger partial charge in [-0.2, -0.15) is 0 Å². The highest BCUT2D eigenvalue weighted by Crippen LogP contribution is 1.85. The van der Waals surface area contributed by atoms with E-state index in [0.29, 0.717) is 13.0 Å². The first-order chi connectivity index (χ1) is 6.16. The maximum Gasteiger partial charge on any atom is 0.404 e. The summed E-state index contributed by atoms with van der Waals surface area (Å²) in [5, 5.41) is 2.80. The van der Waals surface area contributed by atoms with Gasteiger partial charge in [0, 0.05) is 6.54 Å². The van der Waals surface area contributed by atoms with Crippen LogP contribution in [0.25, 0.3) is 0 Å². The number of amides is 1. The van der Waals surface area contributed by atoms with Crippen molar-refractivity contribution >= 4 is 12.1 Å². The zero-order valence-electron chi connectivity index (χ0n) is 7.54. The highest BCUT2D eigenvalue weighted by molar-refractivity contribution is 5.69. The highest BCUT2D eigenvalue weighted by Gasteiger charge is 2.01. The van der Waals surface area contributed by atoms with E-state index in [1.165, 1.54) is 0 Å². The molecule has 0 radical (unpaired) electrons. The normalized spacial score (nSPS) is 9.31. The van der Waals surface area contributed by atoms with Gasteiger partial charge in [0.05, 0.1) is 6.42 Å². The van der Waals surface area contributed by atoms with Gasteiger partial charge < -0.3 is 20.5 Å². The standard InChI is InChI=1S/C7H14N2O4/c1-9-3-2-6(10)12-4-5-13-7(8)11/h9H,2-5H2,1H3,(H2,8,11). The van der Waals surface area contributed by atoms with Gasteiger partial charge in [0.15, 0.2) is 0 Å². The molecule has 0 rings (SSSR count). The van der Waals surface area contributed by atoms with E-state index >= 15 is 0 Å². The van der Waals surface area contributed by atoms with E-state index in [4.69, 9.17) is 0 Å². The Labute approximate surface area is 76.4 Å². The summed E-state index contributed by atoms with van der Waals surface area (Å²) < 4.78 is 9.03. The Morgan fingerprint density at radius 1 is 1.31 bits per heavy atom. The van der Waals surface area contributed by atoms with E-state index in [-0.39, 0.29) is 19.2 Å². The molecule has 0 unspecified atom stereocenters. The van der Waals surface area contributed by atoms with Crippen LogP contribution < -0.4 is 11.1 Å². The number of esters is 1. The van der Waals surface area contributed by atoms with Crippen LogP contribution in [0.4, 0.5) is 4.79 Å². The molecule has 0 saturated carbocycles. The predicted octanol–water partition coefficient (Wildman–Crippen LogP) is -0.766. The molecule has 0 aliphatic heterocycles. The Morgan fingerprint density at radius 2 is 1.92 bits per heavy atom. The average Bonchev–Trinajstić information content (AvgIpc) is 2.08. The molecule has 0 fully saturated rings. The van der Waals surface area contributed by atoms with Crippen LogP contribution in [0.15, 0.2) is 0 Å². The Balaban J connectivity index is 3.22. The zero-order chi connectivity index (χ0) is 10.1. The van der Waals surface area contributed by atoms with Crippen LogP contribution in [-0.4, -0.2) is 38.9 Å².